The molecule has 3 rings (SSSR count). The minimum absolute atomic E-state index is 0.00365. The molecule has 9 nitrogen and oxygen atoms in total. The number of carbonyl (C=O) groups excluding carboxylic acids is 1. The van der Waals surface area contributed by atoms with Crippen LogP contribution >= 0.6 is 23.5 Å². The molecule has 3 heterocycles. The van der Waals surface area contributed by atoms with Crippen LogP contribution in [0.3, 0.4) is 0 Å². The zero-order valence-corrected chi connectivity index (χ0v) is 40.7. The van der Waals surface area contributed by atoms with Crippen molar-refractivity contribution in [2.75, 3.05) is 51.7 Å². The van der Waals surface area contributed by atoms with E-state index in [0.29, 0.717) is 23.1 Å². The van der Waals surface area contributed by atoms with Gasteiger partial charge >= 0.3 is 36.3 Å². The summed E-state index contributed by atoms with van der Waals surface area (Å²) in [6, 6.07) is 3.43. The Kier molecular flexibility index (Phi) is 29.2. The highest BCUT2D eigenvalue weighted by molar-refractivity contribution is 7.99. The number of ketones is 1. The highest BCUT2D eigenvalue weighted by Gasteiger charge is 2.62. The first kappa shape index (κ1) is 66.2. The molecule has 0 N–H and O–H groups in total. The van der Waals surface area contributed by atoms with Crippen molar-refractivity contribution in [3.63, 3.8) is 0 Å². The first-order chi connectivity index (χ1) is 31.1. The summed E-state index contributed by atoms with van der Waals surface area (Å²) in [6.45, 7) is 15.2. The average molecular weight is 1060 g/mol. The molecule has 0 aromatic carbocycles. The van der Waals surface area contributed by atoms with Crippen molar-refractivity contribution in [3.05, 3.63) is 83.8 Å². The third kappa shape index (κ3) is 22.2. The zero-order chi connectivity index (χ0) is 53.4. The summed E-state index contributed by atoms with van der Waals surface area (Å²) in [7, 11) is -2.98. The van der Waals surface area contributed by atoms with E-state index in [1.54, 1.807) is 0 Å². The van der Waals surface area contributed by atoms with E-state index in [9.17, 15) is 74.9 Å². The number of carbonyl (C=O) groups is 1. The number of alkyl halides is 15. The number of nitrogens with zero attached hydrogens (tertiary/aromatic N) is 5. The topological polar surface area (TPSA) is 118 Å². The maximum absolute atomic E-state index is 13.0. The number of pyridine rings is 2. The van der Waals surface area contributed by atoms with Gasteiger partial charge in [-0.2, -0.15) is 94.6 Å². The minimum atomic E-state index is -5.87. The summed E-state index contributed by atoms with van der Waals surface area (Å²) >= 11 is 3.34. The Bertz CT molecular complexity index is 1980. The Morgan fingerprint density at radius 2 is 1.24 bits per heavy atom. The van der Waals surface area contributed by atoms with Crippen LogP contribution in [0.4, 0.5) is 65.9 Å². The molecule has 0 spiro atoms. The summed E-state index contributed by atoms with van der Waals surface area (Å²) in [4.78, 5) is 19.1. The molecular formula is C41H54F15N5O4S3. The second-order valence-electron chi connectivity index (χ2n) is 13.7. The van der Waals surface area contributed by atoms with E-state index in [0.717, 1.165) is 37.7 Å². The Labute approximate surface area is 394 Å². The molecular weight excluding hydrogens is 1010 g/mol. The summed E-state index contributed by atoms with van der Waals surface area (Å²) < 4.78 is 208. The maximum Gasteiger partial charge on any atom is 0.461 e. The van der Waals surface area contributed by atoms with Crippen LogP contribution in [0.5, 0.6) is 0 Å². The van der Waals surface area contributed by atoms with Crippen LogP contribution in [0.1, 0.15) is 87.4 Å². The molecule has 4 unspecified atom stereocenters. The summed E-state index contributed by atoms with van der Waals surface area (Å²) in [5, 5.41) is 8.21. The van der Waals surface area contributed by atoms with E-state index < -0.39 is 68.4 Å². The van der Waals surface area contributed by atoms with Crippen molar-refractivity contribution in [3.8, 4) is 6.19 Å². The molecule has 2 aromatic rings. The number of hydrogen-bond acceptors (Lipinski definition) is 11. The molecule has 0 bridgehead atoms. The first-order valence-corrected chi connectivity index (χ1v) is 24.4. The standard InChI is InChI=1S/C11H10F5N3OS.C10H10F5NS.C9H17NS.C7H7F5O2.C4H10O/c1-7(21(2,20)19-6-17)8-3-4-9(18-5-8)10(12,13)11(14,15)16;1-6(17-2)7-3-4-8(16-5-7)9(11,12)10(13,14)15;1-9(11-2)5-8-10-6-3-4-7-10;1-2-14-4-3-5(13)6(8,9)7(10,11)12;1-3-5-4-2/h3-5,7H,1-2H3;3-6H,1-2H3;5,8-9H,3-4,6-7H2,1-2H3;3-4H,2H2,1H3;3-4H2,1-2H3/b;;8-5+;4-3+;. The number of rotatable bonds is 15. The SMILES string of the molecule is CC(c1ccc(C(F)(F)C(F)(F)F)nc1)S(C)(=O)=NC#N.CCO/C=C/C(=O)C(F)(F)C(F)(F)F.CCOCC.CSC(C)/C=C/N1CCCC1.CSC(C)c1ccc(C(F)(F)C(F)(F)F)nc1. The van der Waals surface area contributed by atoms with E-state index in [2.05, 4.69) is 49.4 Å². The average Bonchev–Trinajstić information content (AvgIpc) is 3.79. The Morgan fingerprint density at radius 1 is 0.779 bits per heavy atom. The molecule has 1 saturated heterocycles. The lowest BCUT2D eigenvalue weighted by atomic mass is 10.1. The van der Waals surface area contributed by atoms with Crippen LogP contribution in [-0.2, 0) is 35.8 Å². The van der Waals surface area contributed by atoms with E-state index in [-0.39, 0.29) is 23.5 Å². The maximum atomic E-state index is 13.0. The van der Waals surface area contributed by atoms with Gasteiger partial charge in [-0.1, -0.05) is 18.2 Å². The molecule has 4 atom stereocenters. The van der Waals surface area contributed by atoms with Crippen LogP contribution in [0.2, 0.25) is 0 Å². The van der Waals surface area contributed by atoms with Gasteiger partial charge in [0.1, 0.15) is 11.4 Å². The number of likely N-dealkylation sites (tertiary alicyclic amines) is 1. The van der Waals surface area contributed by atoms with Gasteiger partial charge < -0.3 is 14.4 Å². The van der Waals surface area contributed by atoms with Gasteiger partial charge in [-0.3, -0.25) is 14.8 Å². The van der Waals surface area contributed by atoms with Crippen molar-refractivity contribution in [1.82, 2.24) is 14.9 Å². The number of allylic oxidation sites excluding steroid dienone is 1. The third-order valence-corrected chi connectivity index (χ3v) is 12.6. The third-order valence-electron chi connectivity index (χ3n) is 8.74. The predicted octanol–water partition coefficient (Wildman–Crippen LogP) is 13.2. The van der Waals surface area contributed by atoms with Crippen LogP contribution in [-0.4, -0.2) is 106 Å². The molecule has 68 heavy (non-hydrogen) atoms. The van der Waals surface area contributed by atoms with Crippen molar-refractivity contribution in [1.29, 1.82) is 5.26 Å². The van der Waals surface area contributed by atoms with E-state index >= 15 is 0 Å². The van der Waals surface area contributed by atoms with Gasteiger partial charge in [0, 0.05) is 61.5 Å². The summed E-state index contributed by atoms with van der Waals surface area (Å²) in [5.74, 6) is -17.7. The van der Waals surface area contributed by atoms with Crippen LogP contribution in [0.15, 0.2) is 65.6 Å². The van der Waals surface area contributed by atoms with Crippen molar-refractivity contribution in [2.24, 2.45) is 4.36 Å². The zero-order valence-electron chi connectivity index (χ0n) is 38.2. The summed E-state index contributed by atoms with van der Waals surface area (Å²) in [6.07, 6.45) is -1.06. The molecule has 0 radical (unpaired) electrons. The fraction of sp³-hybridized carbons (Fsp3) is 0.610. The molecule has 0 amide bonds. The quantitative estimate of drug-likeness (QED) is 0.0738. The Hall–Kier alpha value is -3.90. The number of hydrogen-bond donors (Lipinski definition) is 0. The van der Waals surface area contributed by atoms with Gasteiger partial charge in [0.15, 0.2) is 0 Å². The molecule has 1 aliphatic heterocycles. The summed E-state index contributed by atoms with van der Waals surface area (Å²) in [5.41, 5.74) is -1.98. The van der Waals surface area contributed by atoms with Gasteiger partial charge in [0.2, 0.25) is 12.0 Å². The highest BCUT2D eigenvalue weighted by Crippen LogP contribution is 2.44. The molecule has 1 fully saturated rings. The first-order valence-electron chi connectivity index (χ1n) is 19.8. The Balaban J connectivity index is 0. The number of nitriles is 1. The fourth-order valence-electron chi connectivity index (χ4n) is 4.37. The Morgan fingerprint density at radius 3 is 1.56 bits per heavy atom. The molecule has 0 saturated carbocycles. The number of halogens is 15. The van der Waals surface area contributed by atoms with E-state index in [1.807, 2.05) is 38.8 Å². The molecule has 1 aliphatic rings. The number of aromatic nitrogens is 2. The smallest absolute Gasteiger partial charge is 0.461 e. The lowest BCUT2D eigenvalue weighted by Gasteiger charge is -2.19. The fourth-order valence-corrected chi connectivity index (χ4v) is 5.97. The number of ether oxygens (including phenoxy) is 2. The normalized spacial score (nSPS) is 15.7. The minimum Gasteiger partial charge on any atom is -0.501 e. The van der Waals surface area contributed by atoms with E-state index in [4.69, 9.17) is 10.00 Å². The highest BCUT2D eigenvalue weighted by atomic mass is 32.2. The monoisotopic (exact) mass is 1060 g/mol. The van der Waals surface area contributed by atoms with Gasteiger partial charge in [-0.05, 0) is 96.4 Å². The largest absolute Gasteiger partial charge is 0.501 e. The van der Waals surface area contributed by atoms with Gasteiger partial charge in [-0.25, -0.2) is 4.21 Å². The van der Waals surface area contributed by atoms with Crippen molar-refractivity contribution >= 4 is 39.0 Å². The molecule has 27 heteroatoms. The van der Waals surface area contributed by atoms with Crippen molar-refractivity contribution < 1.29 is 84.3 Å². The number of thioether (sulfide) groups is 2. The molecule has 2 aromatic heterocycles. The van der Waals surface area contributed by atoms with Crippen LogP contribution < -0.4 is 0 Å². The van der Waals surface area contributed by atoms with Crippen LogP contribution in [0, 0.1) is 11.5 Å². The second-order valence-corrected chi connectivity index (χ2v) is 18.7. The van der Waals surface area contributed by atoms with Gasteiger partial charge in [-0.15, -0.1) is 4.36 Å². The van der Waals surface area contributed by atoms with Crippen molar-refractivity contribution in [2.45, 2.75) is 106 Å². The van der Waals surface area contributed by atoms with Crippen LogP contribution in [0.25, 0.3) is 0 Å². The molecule has 0 aliphatic carbocycles. The van der Waals surface area contributed by atoms with Gasteiger partial charge in [0.05, 0.1) is 27.8 Å². The lowest BCUT2D eigenvalue weighted by Crippen LogP contribution is -2.43. The second kappa shape index (κ2) is 30.0. The van der Waals surface area contributed by atoms with E-state index in [1.165, 1.54) is 70.1 Å². The predicted molar refractivity (Wildman–Crippen MR) is 233 cm³/mol. The molecule has 390 valence electrons. The lowest BCUT2D eigenvalue weighted by molar-refractivity contribution is -0.291. The van der Waals surface area contributed by atoms with Gasteiger partial charge in [0.25, 0.3) is 0 Å².